The molecule has 1 heterocycles. The second-order valence-electron chi connectivity index (χ2n) is 4.92. The van der Waals surface area contributed by atoms with Gasteiger partial charge in [-0.15, -0.1) is 11.3 Å². The van der Waals surface area contributed by atoms with Crippen LogP contribution in [0.5, 0.6) is 0 Å². The highest BCUT2D eigenvalue weighted by Crippen LogP contribution is 2.35. The van der Waals surface area contributed by atoms with E-state index in [-0.39, 0.29) is 5.41 Å². The van der Waals surface area contributed by atoms with Gasteiger partial charge in [0.1, 0.15) is 0 Å². The zero-order valence-corrected chi connectivity index (χ0v) is 15.9. The largest absolute Gasteiger partial charge is 0.250 e. The van der Waals surface area contributed by atoms with Crippen LogP contribution in [0.3, 0.4) is 0 Å². The number of thiazole rings is 1. The Kier molecular flexibility index (Phi) is 6.09. The summed E-state index contributed by atoms with van der Waals surface area (Å²) in [5, 5.41) is 2.63. The van der Waals surface area contributed by atoms with Gasteiger partial charge in [-0.3, -0.25) is 0 Å². The number of alkyl halides is 2. The summed E-state index contributed by atoms with van der Waals surface area (Å²) < 4.78 is 0. The SMILES string of the molecule is Cc1ncsc1CCC(CBr)(CBr)c1ccc(Cl)cc1. The fraction of sp³-hybridized carbons (Fsp3) is 0.400. The summed E-state index contributed by atoms with van der Waals surface area (Å²) in [5.74, 6) is 0. The van der Waals surface area contributed by atoms with E-state index in [1.165, 1.54) is 10.4 Å². The molecule has 0 radical (unpaired) electrons. The summed E-state index contributed by atoms with van der Waals surface area (Å²) >= 11 is 15.1. The standard InChI is InChI=1S/C15H16Br2ClNS/c1-11-14(20-10-19-11)6-7-15(8-16,9-17)12-2-4-13(18)5-3-12/h2-5,10H,6-9H2,1H3. The van der Waals surface area contributed by atoms with Crippen molar-refractivity contribution < 1.29 is 0 Å². The number of aromatic nitrogens is 1. The third-order valence-corrected chi connectivity index (χ3v) is 7.04. The average molecular weight is 438 g/mol. The number of hydrogen-bond acceptors (Lipinski definition) is 2. The van der Waals surface area contributed by atoms with Crippen molar-refractivity contribution in [3.8, 4) is 0 Å². The molecule has 2 rings (SSSR count). The van der Waals surface area contributed by atoms with E-state index >= 15 is 0 Å². The van der Waals surface area contributed by atoms with Gasteiger partial charge >= 0.3 is 0 Å². The summed E-state index contributed by atoms with van der Waals surface area (Å²) in [7, 11) is 0. The topological polar surface area (TPSA) is 12.9 Å². The zero-order valence-electron chi connectivity index (χ0n) is 11.2. The number of nitrogens with zero attached hydrogens (tertiary/aromatic N) is 1. The third-order valence-electron chi connectivity index (χ3n) is 3.64. The highest BCUT2D eigenvalue weighted by molar-refractivity contribution is 9.09. The van der Waals surface area contributed by atoms with Crippen molar-refractivity contribution >= 4 is 54.8 Å². The molecule has 1 aromatic heterocycles. The molecule has 2 aromatic rings. The number of aryl methyl sites for hydroxylation is 2. The molecule has 0 aliphatic rings. The smallest absolute Gasteiger partial charge is 0.0797 e. The zero-order chi connectivity index (χ0) is 14.6. The molecule has 1 aromatic carbocycles. The first-order valence-electron chi connectivity index (χ1n) is 6.38. The van der Waals surface area contributed by atoms with Crippen LogP contribution in [-0.2, 0) is 11.8 Å². The Balaban J connectivity index is 2.21. The second kappa shape index (κ2) is 7.39. The van der Waals surface area contributed by atoms with Crippen molar-refractivity contribution in [3.63, 3.8) is 0 Å². The van der Waals surface area contributed by atoms with Crippen molar-refractivity contribution in [1.82, 2.24) is 4.98 Å². The van der Waals surface area contributed by atoms with Crippen molar-refractivity contribution in [1.29, 1.82) is 0 Å². The van der Waals surface area contributed by atoms with Crippen LogP contribution in [0.15, 0.2) is 29.8 Å². The molecule has 0 atom stereocenters. The van der Waals surface area contributed by atoms with E-state index in [4.69, 9.17) is 11.6 Å². The molecule has 1 nitrogen and oxygen atoms in total. The summed E-state index contributed by atoms with van der Waals surface area (Å²) in [4.78, 5) is 5.71. The summed E-state index contributed by atoms with van der Waals surface area (Å²) in [5.41, 5.74) is 4.49. The molecule has 0 spiro atoms. The lowest BCUT2D eigenvalue weighted by atomic mass is 9.80. The maximum atomic E-state index is 6.00. The molecule has 0 aliphatic heterocycles. The highest BCUT2D eigenvalue weighted by atomic mass is 79.9. The highest BCUT2D eigenvalue weighted by Gasteiger charge is 2.30. The molecule has 0 bridgehead atoms. The van der Waals surface area contributed by atoms with Crippen LogP contribution in [0.25, 0.3) is 0 Å². The number of hydrogen-bond donors (Lipinski definition) is 0. The first-order valence-corrected chi connectivity index (χ1v) is 9.88. The van der Waals surface area contributed by atoms with E-state index in [9.17, 15) is 0 Å². The van der Waals surface area contributed by atoms with Gasteiger partial charge in [0.15, 0.2) is 0 Å². The van der Waals surface area contributed by atoms with Crippen molar-refractivity contribution in [3.05, 3.63) is 50.9 Å². The lowest BCUT2D eigenvalue weighted by molar-refractivity contribution is 0.506. The molecule has 20 heavy (non-hydrogen) atoms. The van der Waals surface area contributed by atoms with E-state index in [2.05, 4.69) is 55.9 Å². The monoisotopic (exact) mass is 435 g/mol. The third kappa shape index (κ3) is 3.65. The Labute approximate surface area is 146 Å². The first-order chi connectivity index (χ1) is 9.61. The van der Waals surface area contributed by atoms with E-state index < -0.39 is 0 Å². The van der Waals surface area contributed by atoms with E-state index in [1.54, 1.807) is 11.3 Å². The van der Waals surface area contributed by atoms with Gasteiger partial charge in [-0.25, -0.2) is 4.98 Å². The van der Waals surface area contributed by atoms with Gasteiger partial charge in [0.25, 0.3) is 0 Å². The molecule has 5 heteroatoms. The molecule has 0 saturated carbocycles. The second-order valence-corrected chi connectivity index (χ2v) is 7.41. The van der Waals surface area contributed by atoms with Crippen molar-refractivity contribution in [2.24, 2.45) is 0 Å². The normalized spacial score (nSPS) is 11.8. The van der Waals surface area contributed by atoms with E-state index in [1.807, 2.05) is 17.6 Å². The quantitative estimate of drug-likeness (QED) is 0.523. The van der Waals surface area contributed by atoms with Crippen LogP contribution < -0.4 is 0 Å². The first kappa shape index (κ1) is 16.5. The van der Waals surface area contributed by atoms with Gasteiger partial charge in [0.2, 0.25) is 0 Å². The Morgan fingerprint density at radius 2 is 1.85 bits per heavy atom. The van der Waals surface area contributed by atoms with Crippen LogP contribution in [0, 0.1) is 6.92 Å². The van der Waals surface area contributed by atoms with Crippen LogP contribution >= 0.6 is 54.8 Å². The minimum Gasteiger partial charge on any atom is -0.250 e. The number of rotatable bonds is 6. The Morgan fingerprint density at radius 1 is 1.20 bits per heavy atom. The minimum absolute atomic E-state index is 0.0843. The Morgan fingerprint density at radius 3 is 2.35 bits per heavy atom. The van der Waals surface area contributed by atoms with Crippen LogP contribution in [0.1, 0.15) is 22.6 Å². The number of benzene rings is 1. The fourth-order valence-corrected chi connectivity index (χ4v) is 5.23. The van der Waals surface area contributed by atoms with Gasteiger partial charge in [-0.1, -0.05) is 55.6 Å². The molecule has 108 valence electrons. The maximum Gasteiger partial charge on any atom is 0.0797 e. The molecular weight excluding hydrogens is 422 g/mol. The Bertz CT molecular complexity index is 549. The molecule has 0 saturated heterocycles. The predicted octanol–water partition coefficient (Wildman–Crippen LogP) is 5.77. The summed E-state index contributed by atoms with van der Waals surface area (Å²) in [6.07, 6.45) is 2.13. The Hall–Kier alpha value is 0.1000. The van der Waals surface area contributed by atoms with Gasteiger partial charge in [0.05, 0.1) is 11.2 Å². The molecule has 0 amide bonds. The van der Waals surface area contributed by atoms with Crippen LogP contribution in [0.2, 0.25) is 5.02 Å². The predicted molar refractivity (Wildman–Crippen MR) is 95.9 cm³/mol. The van der Waals surface area contributed by atoms with Gasteiger partial charge < -0.3 is 0 Å². The van der Waals surface area contributed by atoms with Crippen molar-refractivity contribution in [2.45, 2.75) is 25.2 Å². The van der Waals surface area contributed by atoms with E-state index in [0.717, 1.165) is 34.2 Å². The van der Waals surface area contributed by atoms with Crippen LogP contribution in [0.4, 0.5) is 0 Å². The van der Waals surface area contributed by atoms with Crippen LogP contribution in [-0.4, -0.2) is 15.6 Å². The fourth-order valence-electron chi connectivity index (χ4n) is 2.19. The summed E-state index contributed by atoms with van der Waals surface area (Å²) in [6, 6.07) is 8.19. The van der Waals surface area contributed by atoms with Gasteiger partial charge in [0, 0.05) is 26.0 Å². The minimum atomic E-state index is 0.0843. The number of halogens is 3. The van der Waals surface area contributed by atoms with Crippen molar-refractivity contribution in [2.75, 3.05) is 10.7 Å². The van der Waals surface area contributed by atoms with Gasteiger partial charge in [-0.05, 0) is 37.5 Å². The molecule has 0 N–H and O–H groups in total. The molecule has 0 fully saturated rings. The lowest BCUT2D eigenvalue weighted by Gasteiger charge is -2.30. The van der Waals surface area contributed by atoms with E-state index in [0.29, 0.717) is 0 Å². The van der Waals surface area contributed by atoms with Gasteiger partial charge in [-0.2, -0.15) is 0 Å². The summed E-state index contributed by atoms with van der Waals surface area (Å²) in [6.45, 7) is 2.08. The lowest BCUT2D eigenvalue weighted by Crippen LogP contribution is -2.30. The molecule has 0 aliphatic carbocycles. The molecule has 0 unspecified atom stereocenters. The maximum absolute atomic E-state index is 6.00. The molecular formula is C15H16Br2ClNS. The average Bonchev–Trinajstić information content (AvgIpc) is 2.88.